The van der Waals surface area contributed by atoms with E-state index in [0.29, 0.717) is 10.1 Å². The van der Waals surface area contributed by atoms with Gasteiger partial charge in [0.15, 0.2) is 6.04 Å². The predicted octanol–water partition coefficient (Wildman–Crippen LogP) is 3.66. The van der Waals surface area contributed by atoms with Crippen molar-refractivity contribution in [3.63, 3.8) is 0 Å². The molecule has 1 saturated carbocycles. The monoisotopic (exact) mass is 551 g/mol. The summed E-state index contributed by atoms with van der Waals surface area (Å²) < 4.78 is 37.9. The van der Waals surface area contributed by atoms with Crippen LogP contribution in [0.1, 0.15) is 54.3 Å². The SMILES string of the molecule is COc1cccc(N(C(=O)CN2C(=O)c3ccccc3S2(=O)=O)[C@H](C(=O)NC2CCCCC2)c2ccco2)c1. The largest absolute Gasteiger partial charge is 0.497 e. The highest BCUT2D eigenvalue weighted by Gasteiger charge is 2.44. The van der Waals surface area contributed by atoms with E-state index in [1.807, 2.05) is 0 Å². The van der Waals surface area contributed by atoms with Crippen molar-refractivity contribution in [2.24, 2.45) is 0 Å². The van der Waals surface area contributed by atoms with Gasteiger partial charge < -0.3 is 14.5 Å². The zero-order valence-electron chi connectivity index (χ0n) is 21.4. The minimum Gasteiger partial charge on any atom is -0.497 e. The highest BCUT2D eigenvalue weighted by molar-refractivity contribution is 7.90. The Morgan fingerprint density at radius 1 is 1.08 bits per heavy atom. The number of nitrogens with one attached hydrogen (secondary N) is 1. The number of sulfonamides is 1. The number of carbonyl (C=O) groups is 3. The first-order valence-electron chi connectivity index (χ1n) is 12.8. The maximum absolute atomic E-state index is 14.0. The van der Waals surface area contributed by atoms with Crippen molar-refractivity contribution in [1.82, 2.24) is 9.62 Å². The number of furan rings is 1. The van der Waals surface area contributed by atoms with Crippen molar-refractivity contribution >= 4 is 33.4 Å². The summed E-state index contributed by atoms with van der Waals surface area (Å²) in [5, 5.41) is 3.05. The van der Waals surface area contributed by atoms with E-state index >= 15 is 0 Å². The molecule has 1 aliphatic carbocycles. The topological polar surface area (TPSA) is 126 Å². The van der Waals surface area contributed by atoms with E-state index in [-0.39, 0.29) is 27.9 Å². The average Bonchev–Trinajstić information content (AvgIpc) is 3.54. The van der Waals surface area contributed by atoms with Crippen LogP contribution in [-0.4, -0.2) is 50.1 Å². The van der Waals surface area contributed by atoms with Gasteiger partial charge >= 0.3 is 0 Å². The van der Waals surface area contributed by atoms with Crippen molar-refractivity contribution in [3.05, 3.63) is 78.3 Å². The van der Waals surface area contributed by atoms with E-state index in [1.54, 1.807) is 42.5 Å². The number of anilines is 1. The van der Waals surface area contributed by atoms with E-state index in [2.05, 4.69) is 5.32 Å². The zero-order valence-corrected chi connectivity index (χ0v) is 22.2. The van der Waals surface area contributed by atoms with E-state index in [9.17, 15) is 22.8 Å². The van der Waals surface area contributed by atoms with Gasteiger partial charge in [-0.25, -0.2) is 12.7 Å². The fraction of sp³-hybridized carbons (Fsp3) is 0.321. The Balaban J connectivity index is 1.54. The molecule has 10 nitrogen and oxygen atoms in total. The van der Waals surface area contributed by atoms with Crippen molar-refractivity contribution in [3.8, 4) is 5.75 Å². The quantitative estimate of drug-likeness (QED) is 0.453. The summed E-state index contributed by atoms with van der Waals surface area (Å²) in [5.41, 5.74) is 0.275. The molecule has 3 amide bonds. The van der Waals surface area contributed by atoms with Gasteiger partial charge in [0, 0.05) is 17.8 Å². The van der Waals surface area contributed by atoms with Gasteiger partial charge in [-0.1, -0.05) is 37.5 Å². The van der Waals surface area contributed by atoms with Crippen molar-refractivity contribution in [1.29, 1.82) is 0 Å². The van der Waals surface area contributed by atoms with Gasteiger partial charge in [0.1, 0.15) is 22.9 Å². The molecule has 39 heavy (non-hydrogen) atoms. The Morgan fingerprint density at radius 2 is 1.85 bits per heavy atom. The van der Waals surface area contributed by atoms with Crippen molar-refractivity contribution in [2.45, 2.75) is 49.1 Å². The van der Waals surface area contributed by atoms with Crippen LogP contribution in [0, 0.1) is 0 Å². The molecule has 3 aromatic rings. The molecule has 1 aliphatic heterocycles. The summed E-state index contributed by atoms with van der Waals surface area (Å²) in [6.45, 7) is -0.805. The molecular weight excluding hydrogens is 522 g/mol. The van der Waals surface area contributed by atoms with Crippen molar-refractivity contribution in [2.75, 3.05) is 18.6 Å². The number of fused-ring (bicyclic) bond motifs is 1. The van der Waals surface area contributed by atoms with Gasteiger partial charge in [-0.3, -0.25) is 19.3 Å². The maximum Gasteiger partial charge on any atom is 0.269 e. The number of methoxy groups -OCH3 is 1. The smallest absolute Gasteiger partial charge is 0.269 e. The average molecular weight is 552 g/mol. The van der Waals surface area contributed by atoms with Gasteiger partial charge in [-0.2, -0.15) is 0 Å². The Kier molecular flexibility index (Phi) is 7.42. The first kappa shape index (κ1) is 26.5. The third-order valence-electron chi connectivity index (χ3n) is 7.06. The van der Waals surface area contributed by atoms with Gasteiger partial charge in [0.2, 0.25) is 5.91 Å². The lowest BCUT2D eigenvalue weighted by atomic mass is 9.95. The molecule has 1 fully saturated rings. The number of hydrogen-bond acceptors (Lipinski definition) is 7. The Hall–Kier alpha value is -4.12. The number of benzene rings is 2. The third-order valence-corrected chi connectivity index (χ3v) is 8.85. The standard InChI is InChI=1S/C28H29N3O7S/c1-37-21-12-7-11-20(17-21)31(25(32)18-30-28(34)22-13-5-6-15-24(22)39(30,35)36)26(23-14-8-16-38-23)27(33)29-19-9-3-2-4-10-19/h5-8,11-17,19,26H,2-4,9-10,18H2,1H3,(H,29,33)/t26-/m0/s1. The highest BCUT2D eigenvalue weighted by atomic mass is 32.2. The molecule has 5 rings (SSSR count). The molecular formula is C28H29N3O7S. The maximum atomic E-state index is 14.0. The normalized spacial score (nSPS) is 17.4. The molecule has 11 heteroatoms. The predicted molar refractivity (Wildman–Crippen MR) is 142 cm³/mol. The summed E-state index contributed by atoms with van der Waals surface area (Å²) in [4.78, 5) is 41.9. The van der Waals surface area contributed by atoms with Gasteiger partial charge in [0.25, 0.3) is 21.8 Å². The summed E-state index contributed by atoms with van der Waals surface area (Å²) in [5.74, 6) is -1.43. The van der Waals surface area contributed by atoms with Crippen LogP contribution in [0.25, 0.3) is 0 Å². The lowest BCUT2D eigenvalue weighted by molar-refractivity contribution is -0.127. The number of carbonyl (C=O) groups excluding carboxylic acids is 3. The molecule has 0 saturated heterocycles. The highest BCUT2D eigenvalue weighted by Crippen LogP contribution is 2.34. The third kappa shape index (κ3) is 5.14. The van der Waals surface area contributed by atoms with Gasteiger partial charge in [-0.05, 0) is 49.2 Å². The van der Waals surface area contributed by atoms with Crippen LogP contribution >= 0.6 is 0 Å². The first-order chi connectivity index (χ1) is 18.8. The van der Waals surface area contributed by atoms with Crippen LogP contribution in [-0.2, 0) is 19.6 Å². The Labute approximate surface area is 226 Å². The van der Waals surface area contributed by atoms with Crippen molar-refractivity contribution < 1.29 is 32.0 Å². The second-order valence-electron chi connectivity index (χ2n) is 9.54. The molecule has 0 unspecified atom stereocenters. The fourth-order valence-corrected chi connectivity index (χ4v) is 6.65. The molecule has 0 bridgehead atoms. The summed E-state index contributed by atoms with van der Waals surface area (Å²) in [7, 11) is -2.78. The van der Waals surface area contributed by atoms with Crippen LogP contribution in [0.4, 0.5) is 5.69 Å². The Morgan fingerprint density at radius 3 is 2.54 bits per heavy atom. The van der Waals surface area contributed by atoms with Crippen LogP contribution < -0.4 is 15.0 Å². The summed E-state index contributed by atoms with van der Waals surface area (Å²) in [6.07, 6.45) is 6.12. The van der Waals surface area contributed by atoms with E-state index in [1.165, 1.54) is 36.5 Å². The minimum absolute atomic E-state index is 0.00384. The molecule has 1 aromatic heterocycles. The number of nitrogens with zero attached hydrogens (tertiary/aromatic N) is 2. The van der Waals surface area contributed by atoms with Crippen LogP contribution in [0.3, 0.4) is 0 Å². The molecule has 2 aliphatic rings. The number of hydrogen-bond donors (Lipinski definition) is 1. The van der Waals surface area contributed by atoms with E-state index in [4.69, 9.17) is 9.15 Å². The molecule has 1 N–H and O–H groups in total. The van der Waals surface area contributed by atoms with Gasteiger partial charge in [-0.15, -0.1) is 0 Å². The van der Waals surface area contributed by atoms with Gasteiger partial charge in [0.05, 0.1) is 18.9 Å². The van der Waals surface area contributed by atoms with E-state index in [0.717, 1.165) is 32.1 Å². The number of amides is 3. The van der Waals surface area contributed by atoms with E-state index < -0.39 is 40.3 Å². The molecule has 0 radical (unpaired) electrons. The Bertz CT molecular complexity index is 1480. The minimum atomic E-state index is -4.25. The van der Waals surface area contributed by atoms with Crippen LogP contribution in [0.15, 0.2) is 76.2 Å². The molecule has 0 spiro atoms. The van der Waals surface area contributed by atoms with Crippen LogP contribution in [0.2, 0.25) is 0 Å². The first-order valence-corrected chi connectivity index (χ1v) is 14.2. The fourth-order valence-electron chi connectivity index (χ4n) is 5.13. The molecule has 2 heterocycles. The second kappa shape index (κ2) is 10.9. The second-order valence-corrected chi connectivity index (χ2v) is 11.4. The van der Waals surface area contributed by atoms with Crippen LogP contribution in [0.5, 0.6) is 5.75 Å². The molecule has 204 valence electrons. The summed E-state index contributed by atoms with van der Waals surface area (Å²) in [6, 6.07) is 14.2. The number of rotatable bonds is 8. The molecule has 2 aromatic carbocycles. The zero-order chi connectivity index (χ0) is 27.6. The lowest BCUT2D eigenvalue weighted by Gasteiger charge is -2.33. The molecule has 1 atom stereocenters. The number of ether oxygens (including phenoxy) is 1. The summed E-state index contributed by atoms with van der Waals surface area (Å²) >= 11 is 0. The lowest BCUT2D eigenvalue weighted by Crippen LogP contribution is -2.50.